The molecule has 6 heteroatoms. The molecule has 2 rings (SSSR count). The fourth-order valence-electron chi connectivity index (χ4n) is 2.17. The fraction of sp³-hybridized carbons (Fsp3) is 0.583. The van der Waals surface area contributed by atoms with E-state index in [4.69, 9.17) is 5.73 Å². The molecule has 5 nitrogen and oxygen atoms in total. The highest BCUT2D eigenvalue weighted by Crippen LogP contribution is 2.41. The third-order valence-corrected chi connectivity index (χ3v) is 4.95. The van der Waals surface area contributed by atoms with Crippen molar-refractivity contribution in [3.05, 3.63) is 18.3 Å². The molecule has 2 unspecified atom stereocenters. The molecular formula is C12H19N3O2S. The Bertz CT molecular complexity index is 554. The van der Waals surface area contributed by atoms with Crippen molar-refractivity contribution >= 4 is 15.7 Å². The van der Waals surface area contributed by atoms with Gasteiger partial charge >= 0.3 is 0 Å². The SMILES string of the molecule is CC1(C)C(N)CC1Nc1ncccc1S(C)(=O)=O. The topological polar surface area (TPSA) is 85.1 Å². The third kappa shape index (κ3) is 2.22. The Labute approximate surface area is 108 Å². The molecule has 1 aliphatic rings. The molecule has 0 spiro atoms. The van der Waals surface area contributed by atoms with E-state index >= 15 is 0 Å². The molecule has 3 N–H and O–H groups in total. The molecule has 0 amide bonds. The van der Waals surface area contributed by atoms with Crippen LogP contribution >= 0.6 is 0 Å². The number of nitrogens with two attached hydrogens (primary N) is 1. The number of nitrogens with zero attached hydrogens (tertiary/aromatic N) is 1. The van der Waals surface area contributed by atoms with Crippen molar-refractivity contribution in [2.45, 2.75) is 37.2 Å². The minimum absolute atomic E-state index is 0.0493. The predicted molar refractivity (Wildman–Crippen MR) is 71.1 cm³/mol. The van der Waals surface area contributed by atoms with Crippen LogP contribution in [-0.2, 0) is 9.84 Å². The summed E-state index contributed by atoms with van der Waals surface area (Å²) in [5, 5.41) is 3.20. The van der Waals surface area contributed by atoms with Crippen LogP contribution in [0.4, 0.5) is 5.82 Å². The molecule has 18 heavy (non-hydrogen) atoms. The van der Waals surface area contributed by atoms with Gasteiger partial charge in [-0.25, -0.2) is 13.4 Å². The fourth-order valence-corrected chi connectivity index (χ4v) is 2.96. The van der Waals surface area contributed by atoms with E-state index in [0.717, 1.165) is 6.42 Å². The number of pyridine rings is 1. The van der Waals surface area contributed by atoms with Gasteiger partial charge in [-0.05, 0) is 18.6 Å². The van der Waals surface area contributed by atoms with Gasteiger partial charge in [-0.1, -0.05) is 13.8 Å². The van der Waals surface area contributed by atoms with E-state index < -0.39 is 9.84 Å². The molecule has 1 heterocycles. The minimum atomic E-state index is -3.27. The van der Waals surface area contributed by atoms with Gasteiger partial charge in [-0.3, -0.25) is 0 Å². The largest absolute Gasteiger partial charge is 0.366 e. The summed E-state index contributed by atoms with van der Waals surface area (Å²) in [4.78, 5) is 4.36. The molecule has 1 aliphatic carbocycles. The quantitative estimate of drug-likeness (QED) is 0.856. The summed E-state index contributed by atoms with van der Waals surface area (Å²) < 4.78 is 23.3. The second-order valence-corrected chi connectivity index (χ2v) is 7.47. The zero-order chi connectivity index (χ0) is 13.6. The maximum absolute atomic E-state index is 11.7. The van der Waals surface area contributed by atoms with Crippen molar-refractivity contribution in [3.63, 3.8) is 0 Å². The number of rotatable bonds is 3. The minimum Gasteiger partial charge on any atom is -0.366 e. The molecule has 1 aromatic heterocycles. The van der Waals surface area contributed by atoms with Crippen molar-refractivity contribution in [3.8, 4) is 0 Å². The van der Waals surface area contributed by atoms with Gasteiger partial charge in [0.25, 0.3) is 0 Å². The van der Waals surface area contributed by atoms with Gasteiger partial charge in [0.2, 0.25) is 0 Å². The summed E-state index contributed by atoms with van der Waals surface area (Å²) in [6, 6.07) is 3.48. The molecule has 0 saturated heterocycles. The maximum Gasteiger partial charge on any atom is 0.179 e. The third-order valence-electron chi connectivity index (χ3n) is 3.82. The van der Waals surface area contributed by atoms with Crippen LogP contribution in [0.25, 0.3) is 0 Å². The summed E-state index contributed by atoms with van der Waals surface area (Å²) in [6.45, 7) is 4.14. The van der Waals surface area contributed by atoms with Crippen LogP contribution in [0.2, 0.25) is 0 Å². The van der Waals surface area contributed by atoms with Crippen molar-refractivity contribution in [1.82, 2.24) is 4.98 Å². The van der Waals surface area contributed by atoms with Crippen molar-refractivity contribution in [2.75, 3.05) is 11.6 Å². The van der Waals surface area contributed by atoms with Crippen LogP contribution in [0, 0.1) is 5.41 Å². The summed E-state index contributed by atoms with van der Waals surface area (Å²) >= 11 is 0. The lowest BCUT2D eigenvalue weighted by Crippen LogP contribution is -2.61. The molecule has 0 radical (unpaired) electrons. The number of nitrogens with one attached hydrogen (secondary N) is 1. The first-order chi connectivity index (χ1) is 8.23. The van der Waals surface area contributed by atoms with E-state index in [9.17, 15) is 8.42 Å². The second kappa shape index (κ2) is 4.20. The zero-order valence-corrected chi connectivity index (χ0v) is 11.7. The van der Waals surface area contributed by atoms with Gasteiger partial charge < -0.3 is 11.1 Å². The highest BCUT2D eigenvalue weighted by atomic mass is 32.2. The molecule has 1 fully saturated rings. The van der Waals surface area contributed by atoms with E-state index in [1.165, 1.54) is 6.26 Å². The van der Waals surface area contributed by atoms with Gasteiger partial charge in [-0.15, -0.1) is 0 Å². The number of anilines is 1. The van der Waals surface area contributed by atoms with Crippen molar-refractivity contribution in [1.29, 1.82) is 0 Å². The normalized spacial score (nSPS) is 26.4. The predicted octanol–water partition coefficient (Wildman–Crippen LogP) is 1.02. The molecule has 0 aromatic carbocycles. The van der Waals surface area contributed by atoms with E-state index in [0.29, 0.717) is 5.82 Å². The molecule has 0 bridgehead atoms. The molecule has 1 saturated carbocycles. The lowest BCUT2D eigenvalue weighted by molar-refractivity contribution is 0.117. The highest BCUT2D eigenvalue weighted by molar-refractivity contribution is 7.90. The summed E-state index contributed by atoms with van der Waals surface area (Å²) in [5.41, 5.74) is 5.90. The van der Waals surface area contributed by atoms with Crippen LogP contribution in [0.3, 0.4) is 0 Å². The van der Waals surface area contributed by atoms with E-state index in [1.807, 2.05) is 0 Å². The van der Waals surface area contributed by atoms with E-state index in [-0.39, 0.29) is 22.4 Å². The lowest BCUT2D eigenvalue weighted by atomic mass is 9.63. The van der Waals surface area contributed by atoms with Crippen molar-refractivity contribution in [2.24, 2.45) is 11.1 Å². The first-order valence-electron chi connectivity index (χ1n) is 5.90. The van der Waals surface area contributed by atoms with Gasteiger partial charge in [0.05, 0.1) is 0 Å². The Balaban J connectivity index is 2.27. The smallest absolute Gasteiger partial charge is 0.179 e. The Morgan fingerprint density at radius 2 is 2.17 bits per heavy atom. The second-order valence-electron chi connectivity index (χ2n) is 5.48. The molecular weight excluding hydrogens is 250 g/mol. The molecule has 100 valence electrons. The van der Waals surface area contributed by atoms with Gasteiger partial charge in [0, 0.05) is 30.0 Å². The first-order valence-corrected chi connectivity index (χ1v) is 7.79. The number of aromatic nitrogens is 1. The van der Waals surface area contributed by atoms with Gasteiger partial charge in [0.15, 0.2) is 9.84 Å². The molecule has 2 atom stereocenters. The average Bonchev–Trinajstić information content (AvgIpc) is 2.28. The Kier molecular flexibility index (Phi) is 3.11. The van der Waals surface area contributed by atoms with E-state index in [2.05, 4.69) is 24.1 Å². The standard InChI is InChI=1S/C12H19N3O2S/c1-12(2)9(13)7-10(12)15-11-8(18(3,16)17)5-4-6-14-11/h4-6,9-10H,7,13H2,1-3H3,(H,14,15). The maximum atomic E-state index is 11.7. The van der Waals surface area contributed by atoms with Gasteiger partial charge in [0.1, 0.15) is 10.7 Å². The molecule has 0 aliphatic heterocycles. The van der Waals surface area contributed by atoms with Gasteiger partial charge in [-0.2, -0.15) is 0 Å². The summed E-state index contributed by atoms with van der Waals surface area (Å²) in [6.07, 6.45) is 3.60. The number of sulfone groups is 1. The first kappa shape index (κ1) is 13.3. The number of hydrogen-bond acceptors (Lipinski definition) is 5. The van der Waals surface area contributed by atoms with E-state index in [1.54, 1.807) is 18.3 Å². The Morgan fingerprint density at radius 3 is 2.67 bits per heavy atom. The highest BCUT2D eigenvalue weighted by Gasteiger charge is 2.46. The zero-order valence-electron chi connectivity index (χ0n) is 10.8. The summed E-state index contributed by atoms with van der Waals surface area (Å²) in [5.74, 6) is 0.421. The van der Waals surface area contributed by atoms with Crippen LogP contribution in [0.1, 0.15) is 20.3 Å². The summed E-state index contributed by atoms with van der Waals surface area (Å²) in [7, 11) is -3.27. The van der Waals surface area contributed by atoms with Crippen LogP contribution in [0.5, 0.6) is 0 Å². The molecule has 1 aromatic rings. The monoisotopic (exact) mass is 269 g/mol. The number of hydrogen-bond donors (Lipinski definition) is 2. The Morgan fingerprint density at radius 1 is 1.50 bits per heavy atom. The average molecular weight is 269 g/mol. The van der Waals surface area contributed by atoms with Crippen LogP contribution in [0.15, 0.2) is 23.2 Å². The lowest BCUT2D eigenvalue weighted by Gasteiger charge is -2.50. The van der Waals surface area contributed by atoms with Crippen LogP contribution < -0.4 is 11.1 Å². The van der Waals surface area contributed by atoms with Crippen LogP contribution in [-0.4, -0.2) is 31.7 Å². The Hall–Kier alpha value is -1.14. The van der Waals surface area contributed by atoms with Crippen molar-refractivity contribution < 1.29 is 8.42 Å².